The summed E-state index contributed by atoms with van der Waals surface area (Å²) < 4.78 is 12.7. The van der Waals surface area contributed by atoms with E-state index in [1.165, 1.54) is 28.9 Å². The van der Waals surface area contributed by atoms with E-state index >= 15 is 0 Å². The number of para-hydroxylation sites is 1. The fourth-order valence-electron chi connectivity index (χ4n) is 3.14. The number of nitro groups is 1. The Hall–Kier alpha value is -4.08. The third-order valence-electron chi connectivity index (χ3n) is 4.72. The van der Waals surface area contributed by atoms with Crippen LogP contribution in [0, 0.1) is 17.0 Å². The summed E-state index contributed by atoms with van der Waals surface area (Å²) in [6.45, 7) is 1.86. The van der Waals surface area contributed by atoms with Crippen LogP contribution in [-0.2, 0) is 6.73 Å². The molecule has 0 saturated carbocycles. The Morgan fingerprint density at radius 2 is 1.80 bits per heavy atom. The highest BCUT2D eigenvalue weighted by Crippen LogP contribution is 2.33. The van der Waals surface area contributed by atoms with Crippen molar-refractivity contribution in [3.05, 3.63) is 104 Å². The maximum Gasteiger partial charge on any atom is 0.276 e. The summed E-state index contributed by atoms with van der Waals surface area (Å²) in [4.78, 5) is 23.6. The maximum atomic E-state index is 12.7. The highest BCUT2D eigenvalue weighted by atomic mass is 35.5. The van der Waals surface area contributed by atoms with Crippen molar-refractivity contribution < 1.29 is 19.2 Å². The number of ether oxygens (including phenoxy) is 2. The summed E-state index contributed by atoms with van der Waals surface area (Å²) in [7, 11) is 0. The zero-order valence-electron chi connectivity index (χ0n) is 18.3. The van der Waals surface area contributed by atoms with Crippen LogP contribution in [0.25, 0.3) is 0 Å². The van der Waals surface area contributed by atoms with Crippen molar-refractivity contribution in [2.75, 3.05) is 5.32 Å². The fraction of sp³-hybridized carbons (Fsp3) is 0.0833. The molecule has 0 atom stereocenters. The van der Waals surface area contributed by atoms with Crippen LogP contribution < -0.4 is 14.8 Å². The van der Waals surface area contributed by atoms with Gasteiger partial charge >= 0.3 is 0 Å². The van der Waals surface area contributed by atoms with E-state index in [-0.39, 0.29) is 29.5 Å². The number of amides is 1. The summed E-state index contributed by atoms with van der Waals surface area (Å²) >= 11 is 12.2. The third kappa shape index (κ3) is 6.08. The Morgan fingerprint density at radius 3 is 2.51 bits per heavy atom. The van der Waals surface area contributed by atoms with E-state index in [0.29, 0.717) is 21.5 Å². The van der Waals surface area contributed by atoms with Crippen LogP contribution >= 0.6 is 23.2 Å². The zero-order chi connectivity index (χ0) is 24.9. The average Bonchev–Trinajstić information content (AvgIpc) is 3.28. The largest absolute Gasteiger partial charge is 0.468 e. The lowest BCUT2D eigenvalue weighted by molar-refractivity contribution is -0.384. The zero-order valence-corrected chi connectivity index (χ0v) is 19.8. The molecule has 1 N–H and O–H groups in total. The van der Waals surface area contributed by atoms with Crippen molar-refractivity contribution in [1.29, 1.82) is 0 Å². The molecule has 1 aromatic heterocycles. The van der Waals surface area contributed by atoms with Crippen LogP contribution in [0.4, 0.5) is 11.4 Å². The molecule has 4 aromatic rings. The van der Waals surface area contributed by atoms with Gasteiger partial charge < -0.3 is 14.8 Å². The van der Waals surface area contributed by atoms with Crippen molar-refractivity contribution in [3.8, 4) is 17.2 Å². The third-order valence-corrected chi connectivity index (χ3v) is 5.31. The summed E-state index contributed by atoms with van der Waals surface area (Å²) in [5.41, 5.74) is 0.992. The normalized spacial score (nSPS) is 10.6. The Bertz CT molecular complexity index is 1390. The first-order chi connectivity index (χ1) is 16.8. The number of nitro benzene ring substituents is 1. The number of nitrogens with one attached hydrogen (secondary N) is 1. The highest BCUT2D eigenvalue weighted by Gasteiger charge is 2.16. The van der Waals surface area contributed by atoms with Gasteiger partial charge in [0.15, 0.2) is 18.2 Å². The molecule has 1 heterocycles. The molecule has 3 aromatic carbocycles. The molecule has 0 radical (unpaired) electrons. The van der Waals surface area contributed by atoms with Gasteiger partial charge in [0.25, 0.3) is 11.6 Å². The quantitative estimate of drug-likeness (QED) is 0.213. The summed E-state index contributed by atoms with van der Waals surface area (Å²) in [6, 6.07) is 17.7. The molecule has 178 valence electrons. The molecule has 0 fully saturated rings. The number of halogens is 2. The number of carbonyl (C=O) groups excluding carboxylic acids is 1. The topological polar surface area (TPSA) is 109 Å². The molecule has 9 nitrogen and oxygen atoms in total. The predicted molar refractivity (Wildman–Crippen MR) is 132 cm³/mol. The van der Waals surface area contributed by atoms with Crippen LogP contribution in [0.1, 0.15) is 16.1 Å². The fourth-order valence-corrected chi connectivity index (χ4v) is 3.64. The Kier molecular flexibility index (Phi) is 7.19. The van der Waals surface area contributed by atoms with Gasteiger partial charge in [0.2, 0.25) is 0 Å². The van der Waals surface area contributed by atoms with Gasteiger partial charge in [0.1, 0.15) is 11.5 Å². The van der Waals surface area contributed by atoms with Gasteiger partial charge in [-0.15, -0.1) is 0 Å². The number of hydrogen-bond donors (Lipinski definition) is 1. The molecule has 1 amide bonds. The number of carbonyl (C=O) groups is 1. The lowest BCUT2D eigenvalue weighted by atomic mass is 10.2. The molecule has 0 aliphatic carbocycles. The number of nitrogens with zero attached hydrogens (tertiary/aromatic N) is 3. The standard InChI is InChI=1S/C24H18Cl2N4O5/c1-15-4-2-5-18(10-15)35-19-12-16(11-17(13-19)30(32)33)27-24(31)22-8-9-29(28-22)14-34-23-20(25)6-3-7-21(23)26/h2-13H,14H2,1H3,(H,27,31). The molecular formula is C24H18Cl2N4O5. The first-order valence-corrected chi connectivity index (χ1v) is 11.0. The van der Waals surface area contributed by atoms with E-state index in [1.54, 1.807) is 36.5 Å². The second-order valence-corrected chi connectivity index (χ2v) is 8.22. The molecule has 0 saturated heterocycles. The average molecular weight is 513 g/mol. The molecule has 11 heteroatoms. The summed E-state index contributed by atoms with van der Waals surface area (Å²) in [5, 5.41) is 18.9. The number of non-ortho nitro benzene ring substituents is 1. The maximum absolute atomic E-state index is 12.7. The number of benzene rings is 3. The minimum Gasteiger partial charge on any atom is -0.468 e. The molecule has 0 aliphatic rings. The number of hydrogen-bond acceptors (Lipinski definition) is 6. The van der Waals surface area contributed by atoms with Crippen LogP contribution in [0.15, 0.2) is 72.9 Å². The van der Waals surface area contributed by atoms with Gasteiger partial charge in [-0.2, -0.15) is 5.10 Å². The summed E-state index contributed by atoms with van der Waals surface area (Å²) in [5.74, 6) is 0.451. The monoisotopic (exact) mass is 512 g/mol. The van der Waals surface area contributed by atoms with Crippen molar-refractivity contribution >= 4 is 40.5 Å². The number of anilines is 1. The van der Waals surface area contributed by atoms with Crippen LogP contribution in [0.3, 0.4) is 0 Å². The highest BCUT2D eigenvalue weighted by molar-refractivity contribution is 6.37. The van der Waals surface area contributed by atoms with E-state index in [9.17, 15) is 14.9 Å². The number of aryl methyl sites for hydroxylation is 1. The van der Waals surface area contributed by atoms with Crippen molar-refractivity contribution in [2.24, 2.45) is 0 Å². The molecule has 0 aliphatic heterocycles. The first kappa shape index (κ1) is 24.1. The van der Waals surface area contributed by atoms with Crippen LogP contribution in [-0.4, -0.2) is 20.6 Å². The summed E-state index contributed by atoms with van der Waals surface area (Å²) in [6.07, 6.45) is 1.54. The minimum absolute atomic E-state index is 0.0397. The SMILES string of the molecule is Cc1cccc(Oc2cc(NC(=O)c3ccn(COc4c(Cl)cccc4Cl)n3)cc([N+](=O)[O-])c2)c1. The van der Waals surface area contributed by atoms with E-state index in [0.717, 1.165) is 5.56 Å². The predicted octanol–water partition coefficient (Wildman–Crippen LogP) is 6.49. The molecular weight excluding hydrogens is 495 g/mol. The van der Waals surface area contributed by atoms with Crippen molar-refractivity contribution in [2.45, 2.75) is 13.7 Å². The minimum atomic E-state index is -0.568. The Balaban J connectivity index is 1.48. The molecule has 35 heavy (non-hydrogen) atoms. The van der Waals surface area contributed by atoms with Gasteiger partial charge in [-0.1, -0.05) is 41.4 Å². The van der Waals surface area contributed by atoms with Crippen LogP contribution in [0.2, 0.25) is 10.0 Å². The molecule has 4 rings (SSSR count). The van der Waals surface area contributed by atoms with E-state index in [1.807, 2.05) is 19.1 Å². The second-order valence-electron chi connectivity index (χ2n) is 7.41. The smallest absolute Gasteiger partial charge is 0.276 e. The van der Waals surface area contributed by atoms with Gasteiger partial charge in [0, 0.05) is 18.3 Å². The van der Waals surface area contributed by atoms with Crippen molar-refractivity contribution in [1.82, 2.24) is 9.78 Å². The van der Waals surface area contributed by atoms with Crippen molar-refractivity contribution in [3.63, 3.8) is 0 Å². The lowest BCUT2D eigenvalue weighted by Crippen LogP contribution is -2.14. The number of rotatable bonds is 8. The number of aromatic nitrogens is 2. The van der Waals surface area contributed by atoms with Gasteiger partial charge in [0.05, 0.1) is 26.7 Å². The first-order valence-electron chi connectivity index (χ1n) is 10.2. The van der Waals surface area contributed by atoms with E-state index in [4.69, 9.17) is 32.7 Å². The van der Waals surface area contributed by atoms with Gasteiger partial charge in [-0.25, -0.2) is 4.68 Å². The van der Waals surface area contributed by atoms with Gasteiger partial charge in [-0.3, -0.25) is 14.9 Å². The Labute approximate surface area is 210 Å². The molecule has 0 bridgehead atoms. The van der Waals surface area contributed by atoms with E-state index in [2.05, 4.69) is 10.4 Å². The molecule has 0 unspecified atom stereocenters. The van der Waals surface area contributed by atoms with E-state index < -0.39 is 10.8 Å². The van der Waals surface area contributed by atoms with Crippen LogP contribution in [0.5, 0.6) is 17.2 Å². The second kappa shape index (κ2) is 10.5. The Morgan fingerprint density at radius 1 is 1.06 bits per heavy atom. The lowest BCUT2D eigenvalue weighted by Gasteiger charge is -2.10. The molecule has 0 spiro atoms. The van der Waals surface area contributed by atoms with Gasteiger partial charge in [-0.05, 0) is 42.8 Å².